The minimum absolute atomic E-state index is 0.0242. The van der Waals surface area contributed by atoms with Gasteiger partial charge >= 0.3 is 11.8 Å². The molecule has 1 aromatic carbocycles. The molecule has 24 heavy (non-hydrogen) atoms. The number of hydrogen-bond donors (Lipinski definition) is 2. The molecule has 0 saturated carbocycles. The molecule has 2 N–H and O–H groups in total. The van der Waals surface area contributed by atoms with E-state index >= 15 is 0 Å². The summed E-state index contributed by atoms with van der Waals surface area (Å²) >= 11 is 0. The number of aromatic nitrogens is 3. The third-order valence-corrected chi connectivity index (χ3v) is 4.03. The van der Waals surface area contributed by atoms with E-state index in [1.165, 1.54) is 22.9 Å². The van der Waals surface area contributed by atoms with E-state index in [-0.39, 0.29) is 6.04 Å². The smallest absolute Gasteiger partial charge is 0.328 e. The largest absolute Gasteiger partial charge is 0.345 e. The molecule has 2 amide bonds. The van der Waals surface area contributed by atoms with Gasteiger partial charge in [0, 0.05) is 25.7 Å². The summed E-state index contributed by atoms with van der Waals surface area (Å²) in [5, 5.41) is 9.89. The number of amides is 2. The normalized spacial score (nSPS) is 15.8. The molecule has 0 radical (unpaired) electrons. The van der Waals surface area contributed by atoms with Crippen molar-refractivity contribution in [2.45, 2.75) is 25.4 Å². The zero-order valence-electron chi connectivity index (χ0n) is 13.3. The summed E-state index contributed by atoms with van der Waals surface area (Å²) in [5.74, 6) is -1.35. The van der Waals surface area contributed by atoms with Gasteiger partial charge < -0.3 is 5.32 Å². The monoisotopic (exact) mass is 328 g/mol. The molecule has 1 saturated heterocycles. The van der Waals surface area contributed by atoms with Crippen molar-refractivity contribution in [1.29, 1.82) is 0 Å². The van der Waals surface area contributed by atoms with Crippen LogP contribution in [0.25, 0.3) is 0 Å². The second-order valence-corrected chi connectivity index (χ2v) is 5.82. The molecule has 0 atom stereocenters. The predicted molar refractivity (Wildman–Crippen MR) is 87.3 cm³/mol. The first-order valence-corrected chi connectivity index (χ1v) is 7.93. The highest BCUT2D eigenvalue weighted by Crippen LogP contribution is 2.13. The third kappa shape index (κ3) is 4.39. The highest BCUT2D eigenvalue weighted by Gasteiger charge is 2.23. The number of nitrogens with one attached hydrogen (secondary N) is 2. The molecular formula is C16H20N6O2. The van der Waals surface area contributed by atoms with Gasteiger partial charge in [-0.25, -0.2) is 4.68 Å². The van der Waals surface area contributed by atoms with E-state index in [2.05, 4.69) is 38.0 Å². The Hall–Kier alpha value is -2.74. The van der Waals surface area contributed by atoms with Crippen LogP contribution in [0, 0.1) is 0 Å². The van der Waals surface area contributed by atoms with Crippen LogP contribution in [-0.4, -0.2) is 50.7 Å². The second kappa shape index (κ2) is 7.69. The fourth-order valence-corrected chi connectivity index (χ4v) is 2.75. The van der Waals surface area contributed by atoms with E-state index < -0.39 is 11.8 Å². The summed E-state index contributed by atoms with van der Waals surface area (Å²) in [6.07, 6.45) is 4.29. The molecule has 2 aromatic rings. The lowest BCUT2D eigenvalue weighted by Gasteiger charge is -2.32. The molecule has 3 rings (SSSR count). The van der Waals surface area contributed by atoms with Crippen molar-refractivity contribution in [3.05, 3.63) is 48.5 Å². The van der Waals surface area contributed by atoms with E-state index in [0.717, 1.165) is 32.5 Å². The van der Waals surface area contributed by atoms with Crippen LogP contribution in [0.1, 0.15) is 18.4 Å². The molecule has 0 spiro atoms. The maximum Gasteiger partial charge on any atom is 0.328 e. The first-order chi connectivity index (χ1) is 11.7. The molecule has 2 heterocycles. The molecule has 8 nitrogen and oxygen atoms in total. The quantitative estimate of drug-likeness (QED) is 0.778. The zero-order chi connectivity index (χ0) is 16.8. The van der Waals surface area contributed by atoms with E-state index in [1.54, 1.807) is 0 Å². The van der Waals surface area contributed by atoms with E-state index in [4.69, 9.17) is 0 Å². The van der Waals surface area contributed by atoms with Crippen molar-refractivity contribution in [2.24, 2.45) is 0 Å². The summed E-state index contributed by atoms with van der Waals surface area (Å²) < 4.78 is 1.24. The van der Waals surface area contributed by atoms with Crippen LogP contribution in [0.3, 0.4) is 0 Å². The van der Waals surface area contributed by atoms with Gasteiger partial charge in [-0.1, -0.05) is 30.3 Å². The molecule has 1 aliphatic rings. The van der Waals surface area contributed by atoms with Crippen molar-refractivity contribution in [1.82, 2.24) is 25.1 Å². The minimum atomic E-state index is -0.721. The summed E-state index contributed by atoms with van der Waals surface area (Å²) in [4.78, 5) is 26.1. The van der Waals surface area contributed by atoms with Gasteiger partial charge in [0.25, 0.3) is 0 Å². The van der Waals surface area contributed by atoms with Gasteiger partial charge in [0.15, 0.2) is 0 Å². The van der Waals surface area contributed by atoms with Crippen LogP contribution in [-0.2, 0) is 16.1 Å². The molecule has 126 valence electrons. The van der Waals surface area contributed by atoms with E-state index in [9.17, 15) is 9.59 Å². The maximum atomic E-state index is 11.9. The molecule has 8 heteroatoms. The SMILES string of the molecule is O=C(NC1CCN(Cc2ccccc2)CC1)C(=O)Nn1cnnc1. The number of nitrogens with zero attached hydrogens (tertiary/aromatic N) is 4. The molecule has 1 aromatic heterocycles. The number of benzene rings is 1. The lowest BCUT2D eigenvalue weighted by molar-refractivity contribution is -0.137. The number of likely N-dealkylation sites (tertiary alicyclic amines) is 1. The topological polar surface area (TPSA) is 92.2 Å². The highest BCUT2D eigenvalue weighted by atomic mass is 16.2. The number of carbonyl (C=O) groups is 2. The average molecular weight is 328 g/mol. The average Bonchev–Trinajstić information content (AvgIpc) is 3.10. The van der Waals surface area contributed by atoms with Gasteiger partial charge in [-0.15, -0.1) is 10.2 Å². The fraction of sp³-hybridized carbons (Fsp3) is 0.375. The van der Waals surface area contributed by atoms with Gasteiger partial charge in [-0.3, -0.25) is 19.9 Å². The number of piperidine rings is 1. The van der Waals surface area contributed by atoms with Gasteiger partial charge in [0.2, 0.25) is 0 Å². The lowest BCUT2D eigenvalue weighted by atomic mass is 10.0. The fourth-order valence-electron chi connectivity index (χ4n) is 2.75. The summed E-state index contributed by atoms with van der Waals surface area (Å²) in [6.45, 7) is 2.70. The van der Waals surface area contributed by atoms with Crippen molar-refractivity contribution < 1.29 is 9.59 Å². The van der Waals surface area contributed by atoms with Crippen LogP contribution in [0.4, 0.5) is 0 Å². The Kier molecular flexibility index (Phi) is 5.17. The molecule has 1 aliphatic heterocycles. The Balaban J connectivity index is 1.41. The first kappa shape index (κ1) is 16.1. The van der Waals surface area contributed by atoms with Gasteiger partial charge in [0.1, 0.15) is 12.7 Å². The zero-order valence-corrected chi connectivity index (χ0v) is 13.3. The van der Waals surface area contributed by atoms with Gasteiger partial charge in [-0.05, 0) is 18.4 Å². The van der Waals surface area contributed by atoms with Crippen molar-refractivity contribution >= 4 is 11.8 Å². The summed E-state index contributed by atoms with van der Waals surface area (Å²) in [6, 6.07) is 10.3. The Labute approximate surface area is 139 Å². The Morgan fingerprint density at radius 2 is 1.71 bits per heavy atom. The molecule has 0 unspecified atom stereocenters. The van der Waals surface area contributed by atoms with Crippen LogP contribution >= 0.6 is 0 Å². The van der Waals surface area contributed by atoms with Crippen molar-refractivity contribution in [2.75, 3.05) is 18.5 Å². The molecule has 0 aliphatic carbocycles. The second-order valence-electron chi connectivity index (χ2n) is 5.82. The maximum absolute atomic E-state index is 11.9. The van der Waals surface area contributed by atoms with Gasteiger partial charge in [0.05, 0.1) is 0 Å². The minimum Gasteiger partial charge on any atom is -0.345 e. The predicted octanol–water partition coefficient (Wildman–Crippen LogP) is 0.129. The summed E-state index contributed by atoms with van der Waals surface area (Å²) in [5.41, 5.74) is 3.67. The third-order valence-electron chi connectivity index (χ3n) is 4.03. The van der Waals surface area contributed by atoms with E-state index in [1.807, 2.05) is 18.2 Å². The van der Waals surface area contributed by atoms with E-state index in [0.29, 0.717) is 0 Å². The summed E-state index contributed by atoms with van der Waals surface area (Å²) in [7, 11) is 0. The van der Waals surface area contributed by atoms with Crippen LogP contribution in [0.5, 0.6) is 0 Å². The molecule has 0 bridgehead atoms. The van der Waals surface area contributed by atoms with Gasteiger partial charge in [-0.2, -0.15) is 0 Å². The van der Waals surface area contributed by atoms with Crippen molar-refractivity contribution in [3.8, 4) is 0 Å². The first-order valence-electron chi connectivity index (χ1n) is 7.93. The molecular weight excluding hydrogens is 308 g/mol. The van der Waals surface area contributed by atoms with Crippen LogP contribution < -0.4 is 10.7 Å². The Bertz CT molecular complexity index is 665. The standard InChI is InChI=1S/C16H20N6O2/c23-15(16(24)20-22-11-17-18-12-22)19-14-6-8-21(9-7-14)10-13-4-2-1-3-5-13/h1-5,11-12,14H,6-10H2,(H,19,23)(H,20,24). The number of hydrogen-bond acceptors (Lipinski definition) is 5. The molecule has 1 fully saturated rings. The Morgan fingerprint density at radius 1 is 1.04 bits per heavy atom. The number of carbonyl (C=O) groups excluding carboxylic acids is 2. The Morgan fingerprint density at radius 3 is 2.38 bits per heavy atom. The number of rotatable bonds is 4. The highest BCUT2D eigenvalue weighted by molar-refractivity contribution is 6.38. The lowest BCUT2D eigenvalue weighted by Crippen LogP contribution is -2.48. The van der Waals surface area contributed by atoms with Crippen LogP contribution in [0.15, 0.2) is 43.0 Å². The van der Waals surface area contributed by atoms with Crippen LogP contribution in [0.2, 0.25) is 0 Å². The van der Waals surface area contributed by atoms with Crippen molar-refractivity contribution in [3.63, 3.8) is 0 Å².